The van der Waals surface area contributed by atoms with Gasteiger partial charge in [-0.25, -0.2) is 0 Å². The van der Waals surface area contributed by atoms with Gasteiger partial charge in [0.2, 0.25) is 0 Å². The number of hydrogen-bond acceptors (Lipinski definition) is 1. The third-order valence-electron chi connectivity index (χ3n) is 0.848. The zero-order valence-corrected chi connectivity index (χ0v) is 5.92. The molecule has 0 aliphatic carbocycles. The maximum atomic E-state index is 4.70. The lowest BCUT2D eigenvalue weighted by Gasteiger charge is -1.87. The van der Waals surface area contributed by atoms with Crippen LogP contribution in [0.25, 0.3) is 0 Å². The van der Waals surface area contributed by atoms with Gasteiger partial charge in [-0.1, -0.05) is 18.7 Å². The summed E-state index contributed by atoms with van der Waals surface area (Å²) in [5, 5.41) is 0. The van der Waals surface area contributed by atoms with Gasteiger partial charge in [-0.05, 0) is 18.6 Å². The van der Waals surface area contributed by atoms with E-state index in [2.05, 4.69) is 6.58 Å². The zero-order valence-electron chi connectivity index (χ0n) is 5.92. The van der Waals surface area contributed by atoms with Crippen LogP contribution in [-0.4, -0.2) is 7.11 Å². The van der Waals surface area contributed by atoms with E-state index >= 15 is 0 Å². The van der Waals surface area contributed by atoms with Crippen molar-refractivity contribution in [1.29, 1.82) is 0 Å². The second-order valence-electron chi connectivity index (χ2n) is 1.68. The summed E-state index contributed by atoms with van der Waals surface area (Å²) in [5.74, 6) is 0. The van der Waals surface area contributed by atoms with Gasteiger partial charge >= 0.3 is 0 Å². The Kier molecular flexibility index (Phi) is 4.60. The van der Waals surface area contributed by atoms with Crippen molar-refractivity contribution in [1.82, 2.24) is 0 Å². The van der Waals surface area contributed by atoms with Gasteiger partial charge in [-0.15, -0.1) is 0 Å². The van der Waals surface area contributed by atoms with Crippen LogP contribution in [0.15, 0.2) is 36.6 Å². The molecule has 0 heterocycles. The molecule has 0 saturated carbocycles. The molecule has 0 aromatic rings. The second kappa shape index (κ2) is 5.16. The van der Waals surface area contributed by atoms with E-state index in [1.807, 2.05) is 19.1 Å². The number of methoxy groups -OCH3 is 1. The van der Waals surface area contributed by atoms with Gasteiger partial charge in [-0.3, -0.25) is 0 Å². The number of rotatable bonds is 3. The summed E-state index contributed by atoms with van der Waals surface area (Å²) < 4.78 is 4.70. The molecule has 1 heteroatoms. The van der Waals surface area contributed by atoms with Crippen molar-refractivity contribution in [3.05, 3.63) is 36.6 Å². The molecule has 0 N–H and O–H groups in total. The number of allylic oxidation sites excluding steroid dienone is 4. The van der Waals surface area contributed by atoms with E-state index in [-0.39, 0.29) is 0 Å². The minimum Gasteiger partial charge on any atom is -0.504 e. The summed E-state index contributed by atoms with van der Waals surface area (Å²) in [6.45, 7) is 5.54. The molecule has 0 spiro atoms. The van der Waals surface area contributed by atoms with Crippen LogP contribution in [0.5, 0.6) is 0 Å². The van der Waals surface area contributed by atoms with Crippen molar-refractivity contribution in [2.75, 3.05) is 7.11 Å². The molecule has 0 unspecified atom stereocenters. The molecule has 9 heavy (non-hydrogen) atoms. The third kappa shape index (κ3) is 4.88. The van der Waals surface area contributed by atoms with Crippen LogP contribution in [-0.2, 0) is 4.74 Å². The van der Waals surface area contributed by atoms with Crippen LogP contribution in [0.3, 0.4) is 0 Å². The first-order valence-corrected chi connectivity index (χ1v) is 2.80. The average molecular weight is 124 g/mol. The minimum absolute atomic E-state index is 1.13. The van der Waals surface area contributed by atoms with E-state index in [0.717, 1.165) is 5.57 Å². The Morgan fingerprint density at radius 1 is 1.56 bits per heavy atom. The first kappa shape index (κ1) is 8.02. The summed E-state index contributed by atoms with van der Waals surface area (Å²) in [6.07, 6.45) is 7.17. The summed E-state index contributed by atoms with van der Waals surface area (Å²) in [6, 6.07) is 0. The molecule has 50 valence electrons. The maximum Gasteiger partial charge on any atom is 0.0827 e. The highest BCUT2D eigenvalue weighted by molar-refractivity contribution is 5.19. The Balaban J connectivity index is 3.74. The lowest BCUT2D eigenvalue weighted by atomic mass is 10.3. The first-order valence-electron chi connectivity index (χ1n) is 2.80. The number of hydrogen-bond donors (Lipinski definition) is 0. The van der Waals surface area contributed by atoms with Crippen molar-refractivity contribution in [3.8, 4) is 0 Å². The highest BCUT2D eigenvalue weighted by Crippen LogP contribution is 1.93. The molecule has 0 aliphatic rings. The number of ether oxygens (including phenoxy) is 1. The molecule has 1 nitrogen and oxygen atoms in total. The van der Waals surface area contributed by atoms with Gasteiger partial charge < -0.3 is 4.74 Å². The molecule has 0 rings (SSSR count). The maximum absolute atomic E-state index is 4.70. The standard InChI is InChI=1S/C8H12O/c1-4-5-8(2)6-7-9-3/h4-7H,1H2,2-3H3/b7-6+,8-5-. The first-order chi connectivity index (χ1) is 4.31. The molecule has 0 amide bonds. The van der Waals surface area contributed by atoms with E-state index in [1.54, 1.807) is 19.4 Å². The topological polar surface area (TPSA) is 9.23 Å². The van der Waals surface area contributed by atoms with Crippen LogP contribution in [0.2, 0.25) is 0 Å². The summed E-state index contributed by atoms with van der Waals surface area (Å²) in [5.41, 5.74) is 1.13. The Labute approximate surface area is 56.3 Å². The largest absolute Gasteiger partial charge is 0.504 e. The van der Waals surface area contributed by atoms with Gasteiger partial charge in [0.1, 0.15) is 0 Å². The summed E-state index contributed by atoms with van der Waals surface area (Å²) in [7, 11) is 1.62. The Morgan fingerprint density at radius 2 is 2.22 bits per heavy atom. The van der Waals surface area contributed by atoms with E-state index in [0.29, 0.717) is 0 Å². The third-order valence-corrected chi connectivity index (χ3v) is 0.848. The Hall–Kier alpha value is -0.980. The monoisotopic (exact) mass is 124 g/mol. The quantitative estimate of drug-likeness (QED) is 0.414. The van der Waals surface area contributed by atoms with Crippen molar-refractivity contribution < 1.29 is 4.74 Å². The predicted molar refractivity (Wildman–Crippen MR) is 40.1 cm³/mol. The Bertz CT molecular complexity index is 132. The molecule has 0 bridgehead atoms. The minimum atomic E-state index is 1.13. The summed E-state index contributed by atoms with van der Waals surface area (Å²) in [4.78, 5) is 0. The molecule has 0 aromatic carbocycles. The van der Waals surface area contributed by atoms with Gasteiger partial charge in [0.05, 0.1) is 13.4 Å². The van der Waals surface area contributed by atoms with Crippen molar-refractivity contribution >= 4 is 0 Å². The predicted octanol–water partition coefficient (Wildman–Crippen LogP) is 2.28. The highest BCUT2D eigenvalue weighted by Gasteiger charge is 1.74. The van der Waals surface area contributed by atoms with Crippen molar-refractivity contribution in [3.63, 3.8) is 0 Å². The van der Waals surface area contributed by atoms with Gasteiger partial charge in [0.15, 0.2) is 0 Å². The SMILES string of the molecule is C=C/C=C(C)\C=C\OC. The smallest absolute Gasteiger partial charge is 0.0827 e. The fourth-order valence-electron chi connectivity index (χ4n) is 0.417. The Morgan fingerprint density at radius 3 is 2.67 bits per heavy atom. The average Bonchev–Trinajstić information content (AvgIpc) is 1.85. The molecule has 0 atom stereocenters. The summed E-state index contributed by atoms with van der Waals surface area (Å²) >= 11 is 0. The normalized spacial score (nSPS) is 12.0. The van der Waals surface area contributed by atoms with Gasteiger partial charge in [0.25, 0.3) is 0 Å². The second-order valence-corrected chi connectivity index (χ2v) is 1.68. The molecule has 0 aliphatic heterocycles. The molecule has 0 radical (unpaired) electrons. The van der Waals surface area contributed by atoms with Gasteiger partial charge in [0, 0.05) is 0 Å². The fourth-order valence-corrected chi connectivity index (χ4v) is 0.417. The molecule has 0 saturated heterocycles. The van der Waals surface area contributed by atoms with Crippen molar-refractivity contribution in [2.45, 2.75) is 6.92 Å². The van der Waals surface area contributed by atoms with Gasteiger partial charge in [-0.2, -0.15) is 0 Å². The van der Waals surface area contributed by atoms with Crippen molar-refractivity contribution in [2.24, 2.45) is 0 Å². The molecular weight excluding hydrogens is 112 g/mol. The molecular formula is C8H12O. The van der Waals surface area contributed by atoms with Crippen LogP contribution < -0.4 is 0 Å². The van der Waals surface area contributed by atoms with E-state index in [9.17, 15) is 0 Å². The lowest BCUT2D eigenvalue weighted by Crippen LogP contribution is -1.67. The highest BCUT2D eigenvalue weighted by atomic mass is 16.5. The molecule has 0 aromatic heterocycles. The van der Waals surface area contributed by atoms with E-state index < -0.39 is 0 Å². The van der Waals surface area contributed by atoms with E-state index in [4.69, 9.17) is 4.74 Å². The fraction of sp³-hybridized carbons (Fsp3) is 0.250. The zero-order chi connectivity index (χ0) is 7.11. The lowest BCUT2D eigenvalue weighted by molar-refractivity contribution is 0.338. The van der Waals surface area contributed by atoms with Crippen LogP contribution >= 0.6 is 0 Å². The van der Waals surface area contributed by atoms with Crippen LogP contribution in [0.1, 0.15) is 6.92 Å². The molecule has 0 fully saturated rings. The van der Waals surface area contributed by atoms with Crippen LogP contribution in [0.4, 0.5) is 0 Å². The van der Waals surface area contributed by atoms with E-state index in [1.165, 1.54) is 0 Å². The van der Waals surface area contributed by atoms with Crippen LogP contribution in [0, 0.1) is 0 Å².